The van der Waals surface area contributed by atoms with Gasteiger partial charge < -0.3 is 11.1 Å². The first-order valence-electron chi connectivity index (χ1n) is 5.48. The maximum Gasteiger partial charge on any atom is 0.224 e. The zero-order valence-electron chi connectivity index (χ0n) is 9.42. The lowest BCUT2D eigenvalue weighted by molar-refractivity contribution is -0.116. The maximum absolute atomic E-state index is 11.5. The number of unbranched alkanes of at least 4 members (excludes halogenated alkanes) is 2. The van der Waals surface area contributed by atoms with E-state index in [1.54, 1.807) is 18.2 Å². The van der Waals surface area contributed by atoms with E-state index in [-0.39, 0.29) is 5.91 Å². The molecular formula is C12H17ClN2O. The maximum atomic E-state index is 11.5. The monoisotopic (exact) mass is 240 g/mol. The lowest BCUT2D eigenvalue weighted by Crippen LogP contribution is -2.11. The van der Waals surface area contributed by atoms with Crippen LogP contribution in [0.5, 0.6) is 0 Å². The molecule has 0 aliphatic rings. The Bertz CT molecular complexity index is 366. The molecule has 0 aliphatic heterocycles. The van der Waals surface area contributed by atoms with E-state index in [9.17, 15) is 4.79 Å². The van der Waals surface area contributed by atoms with Crippen LogP contribution < -0.4 is 11.1 Å². The standard InChI is InChI=1S/C12H17ClN2O/c1-2-3-4-5-12(16)15-11-8-9(14)6-7-10(11)13/h6-8H,2-5,14H2,1H3,(H,15,16). The number of halogens is 1. The third-order valence-electron chi connectivity index (χ3n) is 2.27. The topological polar surface area (TPSA) is 55.1 Å². The van der Waals surface area contributed by atoms with Gasteiger partial charge in [-0.1, -0.05) is 31.4 Å². The van der Waals surface area contributed by atoms with Crippen LogP contribution >= 0.6 is 11.6 Å². The van der Waals surface area contributed by atoms with Gasteiger partial charge in [0.15, 0.2) is 0 Å². The smallest absolute Gasteiger partial charge is 0.224 e. The van der Waals surface area contributed by atoms with E-state index in [0.717, 1.165) is 19.3 Å². The first-order valence-corrected chi connectivity index (χ1v) is 5.86. The van der Waals surface area contributed by atoms with Gasteiger partial charge in [-0.25, -0.2) is 0 Å². The molecule has 0 aromatic heterocycles. The highest BCUT2D eigenvalue weighted by atomic mass is 35.5. The second kappa shape index (κ2) is 6.38. The molecule has 4 heteroatoms. The lowest BCUT2D eigenvalue weighted by atomic mass is 10.2. The quantitative estimate of drug-likeness (QED) is 0.612. The fourth-order valence-corrected chi connectivity index (χ4v) is 1.55. The van der Waals surface area contributed by atoms with Crippen molar-refractivity contribution < 1.29 is 4.79 Å². The molecule has 0 heterocycles. The zero-order chi connectivity index (χ0) is 12.0. The van der Waals surface area contributed by atoms with E-state index in [1.165, 1.54) is 0 Å². The number of nitrogens with one attached hydrogen (secondary N) is 1. The normalized spacial score (nSPS) is 10.1. The van der Waals surface area contributed by atoms with Gasteiger partial charge in [-0.15, -0.1) is 0 Å². The van der Waals surface area contributed by atoms with Crippen LogP contribution in [0.4, 0.5) is 11.4 Å². The van der Waals surface area contributed by atoms with E-state index in [2.05, 4.69) is 12.2 Å². The highest BCUT2D eigenvalue weighted by Crippen LogP contribution is 2.24. The number of carbonyl (C=O) groups excluding carboxylic acids is 1. The first kappa shape index (κ1) is 12.8. The van der Waals surface area contributed by atoms with E-state index in [1.807, 2.05) is 0 Å². The number of rotatable bonds is 5. The Balaban J connectivity index is 2.52. The van der Waals surface area contributed by atoms with Gasteiger partial charge in [0.1, 0.15) is 0 Å². The van der Waals surface area contributed by atoms with Gasteiger partial charge >= 0.3 is 0 Å². The molecule has 0 aliphatic carbocycles. The Labute approximate surface area is 101 Å². The summed E-state index contributed by atoms with van der Waals surface area (Å²) in [7, 11) is 0. The molecule has 0 spiro atoms. The van der Waals surface area contributed by atoms with Gasteiger partial charge in [0.25, 0.3) is 0 Å². The number of nitrogens with two attached hydrogens (primary N) is 1. The highest BCUT2D eigenvalue weighted by Gasteiger charge is 2.05. The summed E-state index contributed by atoms with van der Waals surface area (Å²) in [5.74, 6) is -0.0130. The number of hydrogen-bond donors (Lipinski definition) is 2. The molecule has 0 bridgehead atoms. The van der Waals surface area contributed by atoms with E-state index >= 15 is 0 Å². The van der Waals surface area contributed by atoms with Crippen LogP contribution in [0.15, 0.2) is 18.2 Å². The number of benzene rings is 1. The molecule has 1 amide bonds. The number of anilines is 2. The average Bonchev–Trinajstić information content (AvgIpc) is 2.24. The Kier molecular flexibility index (Phi) is 5.12. The van der Waals surface area contributed by atoms with Crippen molar-refractivity contribution in [3.05, 3.63) is 23.2 Å². The van der Waals surface area contributed by atoms with Crippen LogP contribution in [0.2, 0.25) is 5.02 Å². The third kappa shape index (κ3) is 4.11. The predicted molar refractivity (Wildman–Crippen MR) is 68.6 cm³/mol. The van der Waals surface area contributed by atoms with Gasteiger partial charge in [-0.3, -0.25) is 4.79 Å². The highest BCUT2D eigenvalue weighted by molar-refractivity contribution is 6.33. The largest absolute Gasteiger partial charge is 0.399 e. The van der Waals surface area contributed by atoms with Crippen LogP contribution in [0, 0.1) is 0 Å². The van der Waals surface area contributed by atoms with Crippen molar-refractivity contribution in [2.75, 3.05) is 11.1 Å². The van der Waals surface area contributed by atoms with Gasteiger partial charge in [0.2, 0.25) is 5.91 Å². The van der Waals surface area contributed by atoms with Crippen molar-refractivity contribution in [2.24, 2.45) is 0 Å². The van der Waals surface area contributed by atoms with Crippen molar-refractivity contribution in [3.8, 4) is 0 Å². The van der Waals surface area contributed by atoms with Gasteiger partial charge in [0.05, 0.1) is 10.7 Å². The molecule has 3 nitrogen and oxygen atoms in total. The predicted octanol–water partition coefficient (Wildman–Crippen LogP) is 3.44. The summed E-state index contributed by atoms with van der Waals surface area (Å²) in [5.41, 5.74) is 6.79. The van der Waals surface area contributed by atoms with Gasteiger partial charge in [-0.05, 0) is 24.6 Å². The van der Waals surface area contributed by atoms with Crippen LogP contribution in [-0.4, -0.2) is 5.91 Å². The minimum Gasteiger partial charge on any atom is -0.399 e. The molecule has 0 unspecified atom stereocenters. The summed E-state index contributed by atoms with van der Waals surface area (Å²) in [6.07, 6.45) is 3.60. The van der Waals surface area contributed by atoms with Crippen LogP contribution in [0.3, 0.4) is 0 Å². The van der Waals surface area contributed by atoms with Crippen LogP contribution in [-0.2, 0) is 4.79 Å². The first-order chi connectivity index (χ1) is 7.63. The fraction of sp³-hybridized carbons (Fsp3) is 0.417. The molecular weight excluding hydrogens is 224 g/mol. The molecule has 0 atom stereocenters. The third-order valence-corrected chi connectivity index (χ3v) is 2.60. The number of amides is 1. The second-order valence-electron chi connectivity index (χ2n) is 3.74. The Morgan fingerprint density at radius 1 is 1.44 bits per heavy atom. The van der Waals surface area contributed by atoms with E-state index < -0.39 is 0 Å². The Morgan fingerprint density at radius 2 is 2.19 bits per heavy atom. The summed E-state index contributed by atoms with van der Waals surface area (Å²) < 4.78 is 0. The molecule has 0 saturated heterocycles. The molecule has 1 aromatic rings. The minimum atomic E-state index is -0.0130. The molecule has 0 radical (unpaired) electrons. The fourth-order valence-electron chi connectivity index (χ4n) is 1.39. The second-order valence-corrected chi connectivity index (χ2v) is 4.15. The van der Waals surface area contributed by atoms with Crippen LogP contribution in [0.1, 0.15) is 32.6 Å². The lowest BCUT2D eigenvalue weighted by Gasteiger charge is -2.07. The number of nitrogen functional groups attached to an aromatic ring is 1. The summed E-state index contributed by atoms with van der Waals surface area (Å²) in [6, 6.07) is 5.05. The molecule has 0 fully saturated rings. The minimum absolute atomic E-state index is 0.0130. The van der Waals surface area contributed by atoms with Gasteiger partial charge in [0, 0.05) is 12.1 Å². The van der Waals surface area contributed by atoms with Crippen molar-refractivity contribution in [1.29, 1.82) is 0 Å². The van der Waals surface area contributed by atoms with E-state index in [0.29, 0.717) is 22.8 Å². The Hall–Kier alpha value is -1.22. The number of carbonyl (C=O) groups is 1. The molecule has 88 valence electrons. The summed E-state index contributed by atoms with van der Waals surface area (Å²) in [4.78, 5) is 11.5. The van der Waals surface area contributed by atoms with Crippen molar-refractivity contribution in [3.63, 3.8) is 0 Å². The molecule has 1 aromatic carbocycles. The summed E-state index contributed by atoms with van der Waals surface area (Å²) in [5, 5.41) is 3.27. The molecule has 0 saturated carbocycles. The Morgan fingerprint density at radius 3 is 2.88 bits per heavy atom. The van der Waals surface area contributed by atoms with Crippen molar-refractivity contribution in [1.82, 2.24) is 0 Å². The number of hydrogen-bond acceptors (Lipinski definition) is 2. The van der Waals surface area contributed by atoms with Gasteiger partial charge in [-0.2, -0.15) is 0 Å². The summed E-state index contributed by atoms with van der Waals surface area (Å²) >= 11 is 5.93. The average molecular weight is 241 g/mol. The summed E-state index contributed by atoms with van der Waals surface area (Å²) in [6.45, 7) is 2.10. The van der Waals surface area contributed by atoms with Crippen molar-refractivity contribution in [2.45, 2.75) is 32.6 Å². The van der Waals surface area contributed by atoms with Crippen LogP contribution in [0.25, 0.3) is 0 Å². The molecule has 3 N–H and O–H groups in total. The zero-order valence-corrected chi connectivity index (χ0v) is 10.2. The van der Waals surface area contributed by atoms with E-state index in [4.69, 9.17) is 17.3 Å². The SMILES string of the molecule is CCCCCC(=O)Nc1cc(N)ccc1Cl. The molecule has 1 rings (SSSR count). The van der Waals surface area contributed by atoms with Crippen molar-refractivity contribution >= 4 is 28.9 Å². The molecule has 16 heavy (non-hydrogen) atoms.